The maximum atomic E-state index is 9.20. The van der Waals surface area contributed by atoms with Gasteiger partial charge in [-0.3, -0.25) is 0 Å². The van der Waals surface area contributed by atoms with E-state index < -0.39 is 0 Å². The summed E-state index contributed by atoms with van der Waals surface area (Å²) in [5, 5.41) is 20.1. The zero-order chi connectivity index (χ0) is 18.6. The molecule has 0 fully saturated rings. The highest BCUT2D eigenvalue weighted by Gasteiger charge is 2.08. The van der Waals surface area contributed by atoms with Crippen LogP contribution >= 0.6 is 0 Å². The van der Waals surface area contributed by atoms with Crippen LogP contribution in [0.25, 0.3) is 5.69 Å². The standard InChI is InChI=1S/C20H31N5O/c1-3-6-17(11-14-26)15-22-20(21-4-2)23-16-18-7-9-19(10-8-18)25-13-5-12-24-25/h5,7-10,12-13,17,26H,3-4,6,11,14-16H2,1-2H3,(H2,21,22,23). The highest BCUT2D eigenvalue weighted by atomic mass is 16.3. The van der Waals surface area contributed by atoms with E-state index in [-0.39, 0.29) is 6.61 Å². The number of nitrogens with one attached hydrogen (secondary N) is 2. The fourth-order valence-corrected chi connectivity index (χ4v) is 2.87. The van der Waals surface area contributed by atoms with E-state index in [1.807, 2.05) is 16.9 Å². The van der Waals surface area contributed by atoms with Gasteiger partial charge in [-0.15, -0.1) is 0 Å². The first-order valence-corrected chi connectivity index (χ1v) is 9.48. The lowest BCUT2D eigenvalue weighted by molar-refractivity contribution is 0.251. The number of hydrogen-bond donors (Lipinski definition) is 3. The lowest BCUT2D eigenvalue weighted by Gasteiger charge is -2.18. The third-order valence-electron chi connectivity index (χ3n) is 4.26. The molecule has 0 saturated heterocycles. The average molecular weight is 358 g/mol. The van der Waals surface area contributed by atoms with E-state index in [1.165, 1.54) is 0 Å². The lowest BCUT2D eigenvalue weighted by atomic mass is 10.0. The molecule has 0 aliphatic heterocycles. The maximum Gasteiger partial charge on any atom is 0.191 e. The number of nitrogens with zero attached hydrogens (tertiary/aromatic N) is 3. The second-order valence-corrected chi connectivity index (χ2v) is 6.36. The summed E-state index contributed by atoms with van der Waals surface area (Å²) in [5.74, 6) is 1.30. The minimum Gasteiger partial charge on any atom is -0.396 e. The molecular weight excluding hydrogens is 326 g/mol. The average Bonchev–Trinajstić information content (AvgIpc) is 3.19. The van der Waals surface area contributed by atoms with Gasteiger partial charge in [-0.25, -0.2) is 9.67 Å². The Balaban J connectivity index is 1.93. The van der Waals surface area contributed by atoms with Gasteiger partial charge < -0.3 is 15.7 Å². The minimum atomic E-state index is 0.239. The monoisotopic (exact) mass is 357 g/mol. The number of aliphatic imine (C=N–C) groups is 1. The molecule has 6 nitrogen and oxygen atoms in total. The van der Waals surface area contributed by atoms with Crippen molar-refractivity contribution in [2.24, 2.45) is 10.9 Å². The van der Waals surface area contributed by atoms with Gasteiger partial charge in [0, 0.05) is 32.1 Å². The van der Waals surface area contributed by atoms with Gasteiger partial charge in [0.15, 0.2) is 5.96 Å². The quantitative estimate of drug-likeness (QED) is 0.451. The van der Waals surface area contributed by atoms with Crippen molar-refractivity contribution >= 4 is 5.96 Å². The molecule has 1 atom stereocenters. The molecule has 0 aliphatic carbocycles. The van der Waals surface area contributed by atoms with Crippen molar-refractivity contribution in [3.05, 3.63) is 48.3 Å². The summed E-state index contributed by atoms with van der Waals surface area (Å²) in [7, 11) is 0. The van der Waals surface area contributed by atoms with Gasteiger partial charge in [0.1, 0.15) is 0 Å². The molecule has 0 amide bonds. The molecule has 1 aromatic carbocycles. The summed E-state index contributed by atoms with van der Waals surface area (Å²) in [5.41, 5.74) is 2.19. The SMILES string of the molecule is CCCC(CCO)CNC(=NCc1ccc(-n2cccn2)cc1)NCC. The largest absolute Gasteiger partial charge is 0.396 e. The molecule has 2 rings (SSSR count). The summed E-state index contributed by atoms with van der Waals surface area (Å²) in [4.78, 5) is 4.68. The number of guanidine groups is 1. The van der Waals surface area contributed by atoms with Crippen LogP contribution in [0.15, 0.2) is 47.7 Å². The predicted octanol–water partition coefficient (Wildman–Crippen LogP) is 2.73. The van der Waals surface area contributed by atoms with Gasteiger partial charge in [0.05, 0.1) is 12.2 Å². The maximum absolute atomic E-state index is 9.20. The molecule has 0 spiro atoms. The fourth-order valence-electron chi connectivity index (χ4n) is 2.87. The Morgan fingerprint density at radius 2 is 2.00 bits per heavy atom. The molecule has 6 heteroatoms. The van der Waals surface area contributed by atoms with Crippen LogP contribution in [-0.4, -0.2) is 40.5 Å². The van der Waals surface area contributed by atoms with Crippen molar-refractivity contribution in [2.45, 2.75) is 39.7 Å². The molecule has 0 aliphatic rings. The number of hydrogen-bond acceptors (Lipinski definition) is 3. The van der Waals surface area contributed by atoms with Gasteiger partial charge in [-0.1, -0.05) is 25.5 Å². The molecule has 2 aromatic rings. The van der Waals surface area contributed by atoms with Gasteiger partial charge >= 0.3 is 0 Å². The van der Waals surface area contributed by atoms with Crippen LogP contribution in [0.1, 0.15) is 38.7 Å². The van der Waals surface area contributed by atoms with Crippen LogP contribution < -0.4 is 10.6 Å². The number of rotatable bonds is 10. The van der Waals surface area contributed by atoms with Crippen molar-refractivity contribution in [3.8, 4) is 5.69 Å². The topological polar surface area (TPSA) is 74.5 Å². The summed E-state index contributed by atoms with van der Waals surface area (Å²) in [6.07, 6.45) is 6.77. The Hall–Kier alpha value is -2.34. The number of benzene rings is 1. The summed E-state index contributed by atoms with van der Waals surface area (Å²) < 4.78 is 1.84. The van der Waals surface area contributed by atoms with Crippen LogP contribution in [0.4, 0.5) is 0 Å². The molecule has 3 N–H and O–H groups in total. The van der Waals surface area contributed by atoms with Crippen molar-refractivity contribution < 1.29 is 5.11 Å². The molecule has 0 saturated carbocycles. The normalized spacial score (nSPS) is 12.8. The van der Waals surface area contributed by atoms with Crippen molar-refractivity contribution in [3.63, 3.8) is 0 Å². The Kier molecular flexibility index (Phi) is 8.69. The van der Waals surface area contributed by atoms with E-state index in [4.69, 9.17) is 0 Å². The van der Waals surface area contributed by atoms with E-state index >= 15 is 0 Å². The van der Waals surface area contributed by atoms with E-state index in [9.17, 15) is 5.11 Å². The van der Waals surface area contributed by atoms with Gasteiger partial charge in [-0.2, -0.15) is 5.10 Å². The highest BCUT2D eigenvalue weighted by Crippen LogP contribution is 2.10. The Morgan fingerprint density at radius 3 is 2.62 bits per heavy atom. The van der Waals surface area contributed by atoms with Crippen LogP contribution in [0.2, 0.25) is 0 Å². The third kappa shape index (κ3) is 6.52. The van der Waals surface area contributed by atoms with Crippen LogP contribution in [0, 0.1) is 5.92 Å². The second kappa shape index (κ2) is 11.3. The zero-order valence-corrected chi connectivity index (χ0v) is 15.9. The molecule has 0 radical (unpaired) electrons. The molecular formula is C20H31N5O. The first-order chi connectivity index (χ1) is 12.8. The number of aliphatic hydroxyl groups is 1. The first-order valence-electron chi connectivity index (χ1n) is 9.48. The summed E-state index contributed by atoms with van der Waals surface area (Å²) in [6, 6.07) is 10.2. The highest BCUT2D eigenvalue weighted by molar-refractivity contribution is 5.79. The number of aliphatic hydroxyl groups excluding tert-OH is 1. The van der Waals surface area contributed by atoms with E-state index in [0.717, 1.165) is 49.6 Å². The van der Waals surface area contributed by atoms with Crippen molar-refractivity contribution in [1.29, 1.82) is 0 Å². The molecule has 26 heavy (non-hydrogen) atoms. The van der Waals surface area contributed by atoms with Gasteiger partial charge in [-0.05, 0) is 49.4 Å². The van der Waals surface area contributed by atoms with Gasteiger partial charge in [0.2, 0.25) is 0 Å². The van der Waals surface area contributed by atoms with Gasteiger partial charge in [0.25, 0.3) is 0 Å². The first kappa shape index (κ1) is 20.0. The summed E-state index contributed by atoms with van der Waals surface area (Å²) in [6.45, 7) is 6.75. The minimum absolute atomic E-state index is 0.239. The Labute approximate surface area is 156 Å². The van der Waals surface area contributed by atoms with Crippen LogP contribution in [0.3, 0.4) is 0 Å². The third-order valence-corrected chi connectivity index (χ3v) is 4.26. The van der Waals surface area contributed by atoms with Crippen LogP contribution in [0.5, 0.6) is 0 Å². The molecule has 0 bridgehead atoms. The Bertz CT molecular complexity index is 631. The zero-order valence-electron chi connectivity index (χ0n) is 15.9. The predicted molar refractivity (Wildman–Crippen MR) is 106 cm³/mol. The second-order valence-electron chi connectivity index (χ2n) is 6.36. The molecule has 142 valence electrons. The van der Waals surface area contributed by atoms with E-state index in [0.29, 0.717) is 12.5 Å². The Morgan fingerprint density at radius 1 is 1.19 bits per heavy atom. The van der Waals surface area contributed by atoms with Crippen molar-refractivity contribution in [2.75, 3.05) is 19.7 Å². The van der Waals surface area contributed by atoms with E-state index in [1.54, 1.807) is 6.20 Å². The smallest absolute Gasteiger partial charge is 0.191 e. The summed E-state index contributed by atoms with van der Waals surface area (Å²) >= 11 is 0. The number of aromatic nitrogens is 2. The molecule has 1 heterocycles. The van der Waals surface area contributed by atoms with Crippen LogP contribution in [-0.2, 0) is 6.54 Å². The van der Waals surface area contributed by atoms with E-state index in [2.05, 4.69) is 58.8 Å². The fraction of sp³-hybridized carbons (Fsp3) is 0.500. The van der Waals surface area contributed by atoms with Crippen molar-refractivity contribution in [1.82, 2.24) is 20.4 Å². The lowest BCUT2D eigenvalue weighted by Crippen LogP contribution is -2.40. The molecule has 1 unspecified atom stereocenters. The molecule has 1 aromatic heterocycles.